The Hall–Kier alpha value is -1.14. The molecule has 1 aromatic heterocycles. The van der Waals surface area contributed by atoms with Crippen molar-refractivity contribution in [3.63, 3.8) is 0 Å². The van der Waals surface area contributed by atoms with Gasteiger partial charge in [0.15, 0.2) is 5.13 Å². The van der Waals surface area contributed by atoms with Crippen molar-refractivity contribution < 1.29 is 14.6 Å². The third-order valence-corrected chi connectivity index (χ3v) is 3.24. The van der Waals surface area contributed by atoms with Gasteiger partial charge >= 0.3 is 5.97 Å². The second kappa shape index (κ2) is 4.16. The van der Waals surface area contributed by atoms with Crippen LogP contribution in [0, 0.1) is 0 Å². The number of nitrogens with two attached hydrogens (primary N) is 1. The van der Waals surface area contributed by atoms with E-state index in [0.29, 0.717) is 12.3 Å². The predicted molar refractivity (Wildman–Crippen MR) is 56.0 cm³/mol. The molecule has 5 nitrogen and oxygen atoms in total. The second-order valence-electron chi connectivity index (χ2n) is 3.43. The van der Waals surface area contributed by atoms with Gasteiger partial charge in [0.1, 0.15) is 11.0 Å². The van der Waals surface area contributed by atoms with Crippen molar-refractivity contribution in [2.75, 3.05) is 12.3 Å². The van der Waals surface area contributed by atoms with Crippen LogP contribution in [0.5, 0.6) is 0 Å². The van der Waals surface area contributed by atoms with E-state index in [1.165, 1.54) is 0 Å². The summed E-state index contributed by atoms with van der Waals surface area (Å²) >= 11 is 1.00. The third kappa shape index (κ3) is 2.10. The SMILES string of the molecule is Nc1nc(C2CCCCO2)c(C(=O)O)s1. The minimum atomic E-state index is -0.978. The zero-order chi connectivity index (χ0) is 10.8. The molecule has 6 heteroatoms. The lowest BCUT2D eigenvalue weighted by Gasteiger charge is -2.21. The number of hydrogen-bond donors (Lipinski definition) is 2. The first-order valence-corrected chi connectivity index (χ1v) is 5.61. The van der Waals surface area contributed by atoms with Crippen molar-refractivity contribution >= 4 is 22.4 Å². The Bertz CT molecular complexity index is 371. The number of nitrogen functional groups attached to an aromatic ring is 1. The van der Waals surface area contributed by atoms with Crippen molar-refractivity contribution in [1.29, 1.82) is 0 Å². The van der Waals surface area contributed by atoms with Gasteiger partial charge < -0.3 is 15.6 Å². The van der Waals surface area contributed by atoms with Crippen LogP contribution in [0.15, 0.2) is 0 Å². The van der Waals surface area contributed by atoms with E-state index in [2.05, 4.69) is 4.98 Å². The Balaban J connectivity index is 2.28. The van der Waals surface area contributed by atoms with Crippen LogP contribution >= 0.6 is 11.3 Å². The van der Waals surface area contributed by atoms with Gasteiger partial charge in [-0.2, -0.15) is 0 Å². The summed E-state index contributed by atoms with van der Waals surface area (Å²) in [5.74, 6) is -0.978. The summed E-state index contributed by atoms with van der Waals surface area (Å²) in [7, 11) is 0. The number of aromatic nitrogens is 1. The second-order valence-corrected chi connectivity index (χ2v) is 4.46. The molecule has 1 unspecified atom stereocenters. The molecule has 1 aliphatic rings. The first kappa shape index (κ1) is 10.4. The van der Waals surface area contributed by atoms with E-state index < -0.39 is 5.97 Å². The fourth-order valence-corrected chi connectivity index (χ4v) is 2.40. The largest absolute Gasteiger partial charge is 0.477 e. The summed E-state index contributed by atoms with van der Waals surface area (Å²) in [4.78, 5) is 15.2. The molecule has 0 bridgehead atoms. The number of hydrogen-bond acceptors (Lipinski definition) is 5. The number of rotatable bonds is 2. The van der Waals surface area contributed by atoms with Crippen LogP contribution in [0.2, 0.25) is 0 Å². The number of thiazole rings is 1. The number of aromatic carboxylic acids is 1. The molecule has 0 saturated carbocycles. The molecular weight excluding hydrogens is 216 g/mol. The van der Waals surface area contributed by atoms with Crippen LogP contribution in [0.4, 0.5) is 5.13 Å². The van der Waals surface area contributed by atoms with Crippen LogP contribution < -0.4 is 5.73 Å². The van der Waals surface area contributed by atoms with Crippen molar-refractivity contribution in [2.45, 2.75) is 25.4 Å². The highest BCUT2D eigenvalue weighted by Crippen LogP contribution is 2.33. The number of carboxylic acid groups (broad SMARTS) is 1. The van der Waals surface area contributed by atoms with Gasteiger partial charge in [-0.1, -0.05) is 11.3 Å². The van der Waals surface area contributed by atoms with Gasteiger partial charge in [-0.15, -0.1) is 0 Å². The summed E-state index contributed by atoms with van der Waals surface area (Å²) in [6, 6.07) is 0. The normalized spacial score (nSPS) is 21.5. The van der Waals surface area contributed by atoms with E-state index >= 15 is 0 Å². The van der Waals surface area contributed by atoms with E-state index in [4.69, 9.17) is 15.6 Å². The number of carboxylic acids is 1. The van der Waals surface area contributed by atoms with Crippen molar-refractivity contribution in [2.24, 2.45) is 0 Å². The highest BCUT2D eigenvalue weighted by molar-refractivity contribution is 7.17. The Morgan fingerprint density at radius 1 is 1.60 bits per heavy atom. The van der Waals surface area contributed by atoms with Gasteiger partial charge in [0, 0.05) is 6.61 Å². The van der Waals surface area contributed by atoms with Crippen LogP contribution in [0.3, 0.4) is 0 Å². The number of carbonyl (C=O) groups is 1. The molecule has 3 N–H and O–H groups in total. The van der Waals surface area contributed by atoms with Crippen LogP contribution in [-0.4, -0.2) is 22.7 Å². The highest BCUT2D eigenvalue weighted by atomic mass is 32.1. The van der Waals surface area contributed by atoms with E-state index in [1.54, 1.807) is 0 Å². The molecule has 15 heavy (non-hydrogen) atoms. The zero-order valence-electron chi connectivity index (χ0n) is 8.10. The molecule has 2 heterocycles. The maximum atomic E-state index is 10.9. The van der Waals surface area contributed by atoms with Gasteiger partial charge in [-0.25, -0.2) is 9.78 Å². The molecule has 82 valence electrons. The fourth-order valence-electron chi connectivity index (χ4n) is 1.68. The van der Waals surface area contributed by atoms with Crippen LogP contribution in [-0.2, 0) is 4.74 Å². The third-order valence-electron chi connectivity index (χ3n) is 2.35. The Morgan fingerprint density at radius 2 is 2.40 bits per heavy atom. The summed E-state index contributed by atoms with van der Waals surface area (Å²) in [5.41, 5.74) is 6.00. The molecule has 1 aromatic rings. The topological polar surface area (TPSA) is 85.4 Å². The van der Waals surface area contributed by atoms with E-state index in [-0.39, 0.29) is 16.1 Å². The first-order valence-electron chi connectivity index (χ1n) is 4.79. The van der Waals surface area contributed by atoms with Crippen molar-refractivity contribution in [1.82, 2.24) is 4.98 Å². The maximum Gasteiger partial charge on any atom is 0.347 e. The lowest BCUT2D eigenvalue weighted by Crippen LogP contribution is -2.14. The molecule has 1 aliphatic heterocycles. The van der Waals surface area contributed by atoms with Crippen LogP contribution in [0.25, 0.3) is 0 Å². The molecule has 0 aliphatic carbocycles. The fraction of sp³-hybridized carbons (Fsp3) is 0.556. The number of nitrogens with zero attached hydrogens (tertiary/aromatic N) is 1. The quantitative estimate of drug-likeness (QED) is 0.804. The van der Waals surface area contributed by atoms with Gasteiger partial charge in [0.2, 0.25) is 0 Å². The average Bonchev–Trinajstić information content (AvgIpc) is 2.62. The lowest BCUT2D eigenvalue weighted by atomic mass is 10.1. The maximum absolute atomic E-state index is 10.9. The van der Waals surface area contributed by atoms with E-state index in [9.17, 15) is 4.79 Å². The van der Waals surface area contributed by atoms with Crippen molar-refractivity contribution in [3.8, 4) is 0 Å². The van der Waals surface area contributed by atoms with Gasteiger partial charge in [-0.05, 0) is 19.3 Å². The summed E-state index contributed by atoms with van der Waals surface area (Å²) in [6.07, 6.45) is 2.70. The molecule has 1 saturated heterocycles. The minimum absolute atomic E-state index is 0.196. The van der Waals surface area contributed by atoms with Crippen molar-refractivity contribution in [3.05, 3.63) is 10.6 Å². The average molecular weight is 228 g/mol. The molecule has 0 aromatic carbocycles. The molecule has 0 amide bonds. The zero-order valence-corrected chi connectivity index (χ0v) is 8.92. The summed E-state index contributed by atoms with van der Waals surface area (Å²) in [5, 5.41) is 9.26. The smallest absolute Gasteiger partial charge is 0.347 e. The molecule has 1 atom stereocenters. The van der Waals surface area contributed by atoms with Crippen LogP contribution in [0.1, 0.15) is 40.7 Å². The van der Waals surface area contributed by atoms with Gasteiger partial charge in [-0.3, -0.25) is 0 Å². The standard InChI is InChI=1S/C9H12N2O3S/c10-9-11-6(7(15-9)8(12)13)5-3-1-2-4-14-5/h5H,1-4H2,(H2,10,11)(H,12,13). The molecule has 0 spiro atoms. The molecule has 0 radical (unpaired) electrons. The Morgan fingerprint density at radius 3 is 3.00 bits per heavy atom. The highest BCUT2D eigenvalue weighted by Gasteiger charge is 2.26. The Kier molecular flexibility index (Phi) is 2.88. The Labute approximate surface area is 90.9 Å². The summed E-state index contributed by atoms with van der Waals surface area (Å²) in [6.45, 7) is 0.668. The van der Waals surface area contributed by atoms with Gasteiger partial charge in [0.05, 0.1) is 5.69 Å². The van der Waals surface area contributed by atoms with Gasteiger partial charge in [0.25, 0.3) is 0 Å². The predicted octanol–water partition coefficient (Wildman–Crippen LogP) is 1.67. The molecular formula is C9H12N2O3S. The number of ether oxygens (including phenoxy) is 1. The minimum Gasteiger partial charge on any atom is -0.477 e. The first-order chi connectivity index (χ1) is 7.18. The van der Waals surface area contributed by atoms with E-state index in [1.807, 2.05) is 0 Å². The van der Waals surface area contributed by atoms with E-state index in [0.717, 1.165) is 30.6 Å². The molecule has 1 fully saturated rings. The summed E-state index contributed by atoms with van der Waals surface area (Å²) < 4.78 is 5.49. The monoisotopic (exact) mass is 228 g/mol. The lowest BCUT2D eigenvalue weighted by molar-refractivity contribution is 0.0117. The molecule has 2 rings (SSSR count). The number of anilines is 1.